The first-order valence-corrected chi connectivity index (χ1v) is 10.6. The number of methoxy groups -OCH3 is 1. The molecule has 166 valence electrons. The molecule has 0 unspecified atom stereocenters. The van der Waals surface area contributed by atoms with E-state index in [0.717, 1.165) is 24.9 Å². The third-order valence-electron chi connectivity index (χ3n) is 5.51. The van der Waals surface area contributed by atoms with Crippen LogP contribution in [-0.4, -0.2) is 36.0 Å². The largest absolute Gasteiger partial charge is 0.494 e. The number of carbonyl (C=O) groups excluding carboxylic acids is 1. The average Bonchev–Trinajstić information content (AvgIpc) is 2.82. The molecule has 1 amide bonds. The van der Waals surface area contributed by atoms with Gasteiger partial charge in [0.05, 0.1) is 24.9 Å². The first-order chi connectivity index (χ1) is 15.6. The van der Waals surface area contributed by atoms with Crippen molar-refractivity contribution in [1.29, 1.82) is 0 Å². The maximum absolute atomic E-state index is 13.7. The summed E-state index contributed by atoms with van der Waals surface area (Å²) in [4.78, 5) is 19.3. The SMILES string of the molecule is COc1cc(CN2CCC[C@@H](C(=O)Nc3ccccc3Oc3cccnc3)C2)ccc1F. The van der Waals surface area contributed by atoms with E-state index in [1.807, 2.05) is 30.3 Å². The number of amides is 1. The maximum Gasteiger partial charge on any atom is 0.228 e. The molecule has 6 nitrogen and oxygen atoms in total. The number of aromatic nitrogens is 1. The zero-order valence-electron chi connectivity index (χ0n) is 18.0. The van der Waals surface area contributed by atoms with Crippen molar-refractivity contribution in [1.82, 2.24) is 9.88 Å². The summed E-state index contributed by atoms with van der Waals surface area (Å²) >= 11 is 0. The summed E-state index contributed by atoms with van der Waals surface area (Å²) < 4.78 is 24.7. The molecule has 0 bridgehead atoms. The number of halogens is 1. The number of carbonyl (C=O) groups is 1. The molecule has 0 spiro atoms. The van der Waals surface area contributed by atoms with Gasteiger partial charge in [-0.25, -0.2) is 4.39 Å². The van der Waals surface area contributed by atoms with Crippen LogP contribution in [0, 0.1) is 11.7 Å². The third kappa shape index (κ3) is 5.42. The van der Waals surface area contributed by atoms with Crippen molar-refractivity contribution < 1.29 is 18.7 Å². The van der Waals surface area contributed by atoms with Gasteiger partial charge in [-0.3, -0.25) is 14.7 Å². The Kier molecular flexibility index (Phi) is 6.97. The van der Waals surface area contributed by atoms with Gasteiger partial charge in [-0.2, -0.15) is 0 Å². The number of piperidine rings is 1. The Balaban J connectivity index is 1.40. The Hall–Kier alpha value is -3.45. The monoisotopic (exact) mass is 435 g/mol. The molecule has 3 aromatic rings. The van der Waals surface area contributed by atoms with Crippen LogP contribution in [0.3, 0.4) is 0 Å². The minimum absolute atomic E-state index is 0.0337. The second-order valence-corrected chi connectivity index (χ2v) is 7.82. The van der Waals surface area contributed by atoms with Crippen LogP contribution in [0.25, 0.3) is 0 Å². The van der Waals surface area contributed by atoms with E-state index < -0.39 is 0 Å². The van der Waals surface area contributed by atoms with Crippen LogP contribution in [-0.2, 0) is 11.3 Å². The summed E-state index contributed by atoms with van der Waals surface area (Å²) in [5.41, 5.74) is 1.58. The van der Waals surface area contributed by atoms with E-state index in [1.165, 1.54) is 13.2 Å². The lowest BCUT2D eigenvalue weighted by Crippen LogP contribution is -2.40. The molecule has 0 saturated carbocycles. The predicted octanol–water partition coefficient (Wildman–Crippen LogP) is 4.87. The van der Waals surface area contributed by atoms with Gasteiger partial charge in [0.25, 0.3) is 0 Å². The number of nitrogens with one attached hydrogen (secondary N) is 1. The smallest absolute Gasteiger partial charge is 0.228 e. The Morgan fingerprint density at radius 3 is 2.88 bits per heavy atom. The summed E-state index contributed by atoms with van der Waals surface area (Å²) in [6.07, 6.45) is 5.05. The third-order valence-corrected chi connectivity index (χ3v) is 5.51. The quantitative estimate of drug-likeness (QED) is 0.574. The number of rotatable bonds is 7. The molecule has 7 heteroatoms. The fourth-order valence-electron chi connectivity index (χ4n) is 3.90. The molecule has 0 aliphatic carbocycles. The fraction of sp³-hybridized carbons (Fsp3) is 0.280. The lowest BCUT2D eigenvalue weighted by atomic mass is 9.96. The highest BCUT2D eigenvalue weighted by atomic mass is 19.1. The Labute approximate surface area is 187 Å². The van der Waals surface area contributed by atoms with E-state index in [0.29, 0.717) is 30.3 Å². The van der Waals surface area contributed by atoms with Crippen molar-refractivity contribution in [3.05, 3.63) is 78.4 Å². The normalized spacial score (nSPS) is 16.4. The number of hydrogen-bond donors (Lipinski definition) is 1. The highest BCUT2D eigenvalue weighted by molar-refractivity contribution is 5.94. The van der Waals surface area contributed by atoms with Crippen LogP contribution in [0.2, 0.25) is 0 Å². The van der Waals surface area contributed by atoms with Crippen LogP contribution in [0.5, 0.6) is 17.2 Å². The van der Waals surface area contributed by atoms with Gasteiger partial charge < -0.3 is 14.8 Å². The molecule has 1 aromatic heterocycles. The Morgan fingerprint density at radius 1 is 1.19 bits per heavy atom. The van der Waals surface area contributed by atoms with E-state index in [1.54, 1.807) is 30.6 Å². The average molecular weight is 435 g/mol. The van der Waals surface area contributed by atoms with E-state index in [-0.39, 0.29) is 23.4 Å². The van der Waals surface area contributed by atoms with Gasteiger partial charge in [0.2, 0.25) is 5.91 Å². The number of pyridine rings is 1. The molecule has 32 heavy (non-hydrogen) atoms. The summed E-state index contributed by atoms with van der Waals surface area (Å²) in [5, 5.41) is 3.03. The van der Waals surface area contributed by atoms with Gasteiger partial charge in [0.1, 0.15) is 5.75 Å². The molecule has 1 saturated heterocycles. The van der Waals surface area contributed by atoms with Crippen molar-refractivity contribution >= 4 is 11.6 Å². The van der Waals surface area contributed by atoms with Gasteiger partial charge >= 0.3 is 0 Å². The maximum atomic E-state index is 13.7. The predicted molar refractivity (Wildman–Crippen MR) is 120 cm³/mol. The summed E-state index contributed by atoms with van der Waals surface area (Å²) in [7, 11) is 1.46. The summed E-state index contributed by atoms with van der Waals surface area (Å²) in [6.45, 7) is 2.17. The second kappa shape index (κ2) is 10.2. The number of nitrogens with zero attached hydrogens (tertiary/aromatic N) is 2. The van der Waals surface area contributed by atoms with Gasteiger partial charge in [-0.1, -0.05) is 18.2 Å². The highest BCUT2D eigenvalue weighted by Gasteiger charge is 2.26. The number of anilines is 1. The molecule has 2 heterocycles. The lowest BCUT2D eigenvalue weighted by Gasteiger charge is -2.32. The molecule has 1 aliphatic rings. The molecule has 1 fully saturated rings. The van der Waals surface area contributed by atoms with Crippen LogP contribution >= 0.6 is 0 Å². The van der Waals surface area contributed by atoms with Gasteiger partial charge in [0, 0.05) is 19.3 Å². The van der Waals surface area contributed by atoms with E-state index in [2.05, 4.69) is 15.2 Å². The van der Waals surface area contributed by atoms with Crippen molar-refractivity contribution in [2.45, 2.75) is 19.4 Å². The number of ether oxygens (including phenoxy) is 2. The van der Waals surface area contributed by atoms with E-state index >= 15 is 0 Å². The van der Waals surface area contributed by atoms with Crippen LogP contribution in [0.4, 0.5) is 10.1 Å². The topological polar surface area (TPSA) is 63.7 Å². The number of para-hydroxylation sites is 2. The minimum Gasteiger partial charge on any atom is -0.494 e. The highest BCUT2D eigenvalue weighted by Crippen LogP contribution is 2.30. The molecular formula is C25H26FN3O3. The van der Waals surface area contributed by atoms with Crippen LogP contribution in [0.1, 0.15) is 18.4 Å². The van der Waals surface area contributed by atoms with Gasteiger partial charge in [-0.05, 0) is 61.3 Å². The molecule has 1 N–H and O–H groups in total. The van der Waals surface area contributed by atoms with Gasteiger partial charge in [0.15, 0.2) is 17.3 Å². The Morgan fingerprint density at radius 2 is 2.06 bits per heavy atom. The lowest BCUT2D eigenvalue weighted by molar-refractivity contribution is -0.121. The van der Waals surface area contributed by atoms with Crippen molar-refractivity contribution in [3.63, 3.8) is 0 Å². The zero-order chi connectivity index (χ0) is 22.3. The number of hydrogen-bond acceptors (Lipinski definition) is 5. The van der Waals surface area contributed by atoms with Crippen molar-refractivity contribution in [2.75, 3.05) is 25.5 Å². The van der Waals surface area contributed by atoms with Gasteiger partial charge in [-0.15, -0.1) is 0 Å². The molecule has 2 aromatic carbocycles. The van der Waals surface area contributed by atoms with Crippen molar-refractivity contribution in [3.8, 4) is 17.2 Å². The zero-order valence-corrected chi connectivity index (χ0v) is 18.0. The molecule has 1 aliphatic heterocycles. The Bertz CT molecular complexity index is 1060. The first-order valence-electron chi connectivity index (χ1n) is 10.6. The number of likely N-dealkylation sites (tertiary alicyclic amines) is 1. The fourth-order valence-corrected chi connectivity index (χ4v) is 3.90. The standard InChI is InChI=1S/C25H26FN3O3/c1-31-24-14-18(10-11-21(24)26)16-29-13-5-6-19(17-29)25(30)28-22-8-2-3-9-23(22)32-20-7-4-12-27-15-20/h2-4,7-12,14-15,19H,5-6,13,16-17H2,1H3,(H,28,30)/t19-/m1/s1. The van der Waals surface area contributed by atoms with E-state index in [9.17, 15) is 9.18 Å². The molecular weight excluding hydrogens is 409 g/mol. The molecule has 4 rings (SSSR count). The second-order valence-electron chi connectivity index (χ2n) is 7.82. The van der Waals surface area contributed by atoms with E-state index in [4.69, 9.17) is 9.47 Å². The summed E-state index contributed by atoms with van der Waals surface area (Å²) in [6, 6.07) is 15.9. The molecule has 1 atom stereocenters. The number of benzene rings is 2. The molecule has 0 radical (unpaired) electrons. The minimum atomic E-state index is -0.376. The summed E-state index contributed by atoms with van der Waals surface area (Å²) in [5.74, 6) is 0.859. The van der Waals surface area contributed by atoms with Crippen LogP contribution in [0.15, 0.2) is 67.0 Å². The van der Waals surface area contributed by atoms with Crippen molar-refractivity contribution in [2.24, 2.45) is 5.92 Å². The van der Waals surface area contributed by atoms with Crippen LogP contribution < -0.4 is 14.8 Å². The first kappa shape index (κ1) is 21.8.